The lowest BCUT2D eigenvalue weighted by atomic mass is 10.2. The number of benzene rings is 1. The highest BCUT2D eigenvalue weighted by Crippen LogP contribution is 2.22. The summed E-state index contributed by atoms with van der Waals surface area (Å²) in [5, 5.41) is 3.12. The first kappa shape index (κ1) is 16.7. The molecule has 1 atom stereocenters. The fraction of sp³-hybridized carbons (Fsp3) is 0.385. The van der Waals surface area contributed by atoms with Gasteiger partial charge in [0.25, 0.3) is 5.91 Å². The number of ether oxygens (including phenoxy) is 2. The van der Waals surface area contributed by atoms with Gasteiger partial charge in [0.2, 0.25) is 0 Å². The van der Waals surface area contributed by atoms with Gasteiger partial charge in [-0.05, 0) is 25.1 Å². The Bertz CT molecular complexity index is 497. The molecule has 7 heteroatoms. The molecule has 1 amide bonds. The molecule has 0 aliphatic carbocycles. The molecule has 0 bridgehead atoms. The maximum absolute atomic E-state index is 11.6. The monoisotopic (exact) mass is 316 g/mol. The van der Waals surface area contributed by atoms with Crippen molar-refractivity contribution in [1.82, 2.24) is 5.32 Å². The van der Waals surface area contributed by atoms with E-state index in [2.05, 4.69) is 5.32 Å². The Morgan fingerprint density at radius 2 is 2.25 bits per heavy atom. The van der Waals surface area contributed by atoms with Gasteiger partial charge in [0.05, 0.1) is 11.6 Å². The van der Waals surface area contributed by atoms with Crippen molar-refractivity contribution in [2.75, 3.05) is 20.3 Å². The van der Waals surface area contributed by atoms with Gasteiger partial charge in [-0.1, -0.05) is 23.8 Å². The zero-order chi connectivity index (χ0) is 15.1. The zero-order valence-corrected chi connectivity index (χ0v) is 12.9. The van der Waals surface area contributed by atoms with Crippen LogP contribution < -0.4 is 15.8 Å². The summed E-state index contributed by atoms with van der Waals surface area (Å²) in [6.07, 6.45) is 0. The molecule has 3 N–H and O–H groups in total. The van der Waals surface area contributed by atoms with E-state index in [1.54, 1.807) is 25.3 Å². The predicted molar refractivity (Wildman–Crippen MR) is 82.3 cm³/mol. The van der Waals surface area contributed by atoms with Crippen LogP contribution in [-0.4, -0.2) is 37.3 Å². The van der Waals surface area contributed by atoms with Crippen molar-refractivity contribution in [2.24, 2.45) is 5.73 Å². The highest BCUT2D eigenvalue weighted by atomic mass is 35.5. The van der Waals surface area contributed by atoms with Gasteiger partial charge in [-0.2, -0.15) is 0 Å². The van der Waals surface area contributed by atoms with Crippen LogP contribution in [0.5, 0.6) is 5.75 Å². The summed E-state index contributed by atoms with van der Waals surface area (Å²) in [6, 6.07) is 4.82. The van der Waals surface area contributed by atoms with Crippen molar-refractivity contribution < 1.29 is 14.3 Å². The fourth-order valence-corrected chi connectivity index (χ4v) is 2.05. The van der Waals surface area contributed by atoms with Gasteiger partial charge in [0.1, 0.15) is 10.7 Å². The number of thiocarbonyl (C=S) groups is 1. The minimum atomic E-state index is -0.232. The molecule has 0 aromatic heterocycles. The molecule has 5 nitrogen and oxygen atoms in total. The fourth-order valence-electron chi connectivity index (χ4n) is 1.54. The molecule has 0 saturated carbocycles. The summed E-state index contributed by atoms with van der Waals surface area (Å²) < 4.78 is 10.3. The summed E-state index contributed by atoms with van der Waals surface area (Å²) in [4.78, 5) is 11.8. The number of methoxy groups -OCH3 is 1. The van der Waals surface area contributed by atoms with Crippen LogP contribution in [0.1, 0.15) is 12.5 Å². The largest absolute Gasteiger partial charge is 0.484 e. The van der Waals surface area contributed by atoms with E-state index in [0.717, 1.165) is 0 Å². The van der Waals surface area contributed by atoms with Crippen molar-refractivity contribution >= 4 is 34.7 Å². The summed E-state index contributed by atoms with van der Waals surface area (Å²) in [5.41, 5.74) is 6.08. The summed E-state index contributed by atoms with van der Waals surface area (Å²) in [7, 11) is 1.57. The van der Waals surface area contributed by atoms with E-state index in [4.69, 9.17) is 39.0 Å². The normalized spacial score (nSPS) is 11.8. The third kappa shape index (κ3) is 5.32. The third-order valence-electron chi connectivity index (χ3n) is 2.40. The Kier molecular flexibility index (Phi) is 6.70. The molecule has 110 valence electrons. The van der Waals surface area contributed by atoms with Crippen molar-refractivity contribution in [3.8, 4) is 5.75 Å². The second kappa shape index (κ2) is 8.04. The Labute approximate surface area is 128 Å². The average molecular weight is 317 g/mol. The summed E-state index contributed by atoms with van der Waals surface area (Å²) in [5.74, 6) is 0.244. The summed E-state index contributed by atoms with van der Waals surface area (Å²) >= 11 is 10.8. The first-order valence-corrected chi connectivity index (χ1v) is 6.73. The van der Waals surface area contributed by atoms with E-state index in [1.165, 1.54) is 0 Å². The average Bonchev–Trinajstić information content (AvgIpc) is 2.36. The molecular weight excluding hydrogens is 300 g/mol. The van der Waals surface area contributed by atoms with Crippen LogP contribution in [0.2, 0.25) is 5.02 Å². The van der Waals surface area contributed by atoms with Crippen LogP contribution in [0.3, 0.4) is 0 Å². The number of carbonyl (C=O) groups is 1. The number of nitrogens with one attached hydrogen (secondary N) is 1. The Morgan fingerprint density at radius 3 is 2.80 bits per heavy atom. The van der Waals surface area contributed by atoms with E-state index in [9.17, 15) is 4.79 Å². The van der Waals surface area contributed by atoms with Crippen LogP contribution in [-0.2, 0) is 9.53 Å². The van der Waals surface area contributed by atoms with E-state index >= 15 is 0 Å². The first-order valence-electron chi connectivity index (χ1n) is 5.94. The maximum Gasteiger partial charge on any atom is 0.258 e. The molecule has 0 spiro atoms. The van der Waals surface area contributed by atoms with E-state index in [-0.39, 0.29) is 23.5 Å². The molecule has 1 unspecified atom stereocenters. The number of carbonyl (C=O) groups excluding carboxylic acids is 1. The predicted octanol–water partition coefficient (Wildman–Crippen LogP) is 1.50. The van der Waals surface area contributed by atoms with E-state index in [1.807, 2.05) is 6.92 Å². The molecule has 1 aromatic rings. The number of amides is 1. The van der Waals surface area contributed by atoms with Crippen molar-refractivity contribution in [3.05, 3.63) is 28.8 Å². The van der Waals surface area contributed by atoms with Gasteiger partial charge in [0, 0.05) is 18.7 Å². The van der Waals surface area contributed by atoms with Crippen molar-refractivity contribution in [1.29, 1.82) is 0 Å². The second-order valence-electron chi connectivity index (χ2n) is 4.22. The minimum absolute atomic E-state index is 0.0725. The van der Waals surface area contributed by atoms with Gasteiger partial charge in [0.15, 0.2) is 6.61 Å². The van der Waals surface area contributed by atoms with Crippen LogP contribution in [0, 0.1) is 0 Å². The molecule has 0 fully saturated rings. The SMILES string of the molecule is COCC(C)NC(=O)COc1ccc(C(N)=S)c(Cl)c1. The number of halogens is 1. The Hall–Kier alpha value is -1.37. The molecule has 0 heterocycles. The summed E-state index contributed by atoms with van der Waals surface area (Å²) in [6.45, 7) is 2.19. The quantitative estimate of drug-likeness (QED) is 0.746. The highest BCUT2D eigenvalue weighted by Gasteiger charge is 2.09. The number of hydrogen-bond donors (Lipinski definition) is 2. The second-order valence-corrected chi connectivity index (χ2v) is 5.07. The lowest BCUT2D eigenvalue weighted by Crippen LogP contribution is -2.38. The van der Waals surface area contributed by atoms with Crippen LogP contribution in [0.4, 0.5) is 0 Å². The smallest absolute Gasteiger partial charge is 0.258 e. The Balaban J connectivity index is 2.52. The molecule has 0 aliphatic rings. The van der Waals surface area contributed by atoms with Gasteiger partial charge >= 0.3 is 0 Å². The van der Waals surface area contributed by atoms with E-state index in [0.29, 0.717) is 22.9 Å². The Morgan fingerprint density at radius 1 is 1.55 bits per heavy atom. The number of hydrogen-bond acceptors (Lipinski definition) is 4. The molecular formula is C13H17ClN2O3S. The topological polar surface area (TPSA) is 73.6 Å². The van der Waals surface area contributed by atoms with Gasteiger partial charge in [-0.15, -0.1) is 0 Å². The van der Waals surface area contributed by atoms with Crippen LogP contribution >= 0.6 is 23.8 Å². The third-order valence-corrected chi connectivity index (χ3v) is 2.93. The molecule has 0 aliphatic heterocycles. The number of rotatable bonds is 7. The highest BCUT2D eigenvalue weighted by molar-refractivity contribution is 7.80. The van der Waals surface area contributed by atoms with Crippen LogP contribution in [0.25, 0.3) is 0 Å². The van der Waals surface area contributed by atoms with Crippen molar-refractivity contribution in [3.63, 3.8) is 0 Å². The molecule has 20 heavy (non-hydrogen) atoms. The maximum atomic E-state index is 11.6. The molecule has 0 radical (unpaired) electrons. The minimum Gasteiger partial charge on any atom is -0.484 e. The molecule has 1 aromatic carbocycles. The number of nitrogens with two attached hydrogens (primary N) is 1. The van der Waals surface area contributed by atoms with Gasteiger partial charge in [-0.3, -0.25) is 4.79 Å². The standard InChI is InChI=1S/C13H17ClN2O3S/c1-8(6-18-2)16-12(17)7-19-9-3-4-10(13(15)20)11(14)5-9/h3-5,8H,6-7H2,1-2H3,(H2,15,20)(H,16,17). The van der Waals surface area contributed by atoms with Gasteiger partial charge in [-0.25, -0.2) is 0 Å². The van der Waals surface area contributed by atoms with E-state index < -0.39 is 0 Å². The zero-order valence-electron chi connectivity index (χ0n) is 11.3. The van der Waals surface area contributed by atoms with Crippen molar-refractivity contribution in [2.45, 2.75) is 13.0 Å². The lowest BCUT2D eigenvalue weighted by Gasteiger charge is -2.13. The van der Waals surface area contributed by atoms with Gasteiger partial charge < -0.3 is 20.5 Å². The molecule has 0 saturated heterocycles. The first-order chi connectivity index (χ1) is 9.43. The lowest BCUT2D eigenvalue weighted by molar-refractivity contribution is -0.124. The van der Waals surface area contributed by atoms with Crippen LogP contribution in [0.15, 0.2) is 18.2 Å². The molecule has 1 rings (SSSR count).